The minimum absolute atomic E-state index is 0.586. The maximum atomic E-state index is 13.6. The van der Waals surface area contributed by atoms with Gasteiger partial charge >= 0.3 is 17.9 Å². The summed E-state index contributed by atoms with van der Waals surface area (Å²) in [5.74, 6) is -4.67. The second kappa shape index (κ2) is 6.64. The molecule has 18 heteroatoms. The molecule has 0 aliphatic rings. The molecule has 0 heterocycles. The molecule has 2 amide bonds. The Labute approximate surface area is 122 Å². The number of hydrazine groups is 1. The molecule has 0 aromatic carbocycles. The van der Waals surface area contributed by atoms with Gasteiger partial charge in [0.05, 0.1) is 0 Å². The summed E-state index contributed by atoms with van der Waals surface area (Å²) in [5.41, 5.74) is 1.13. The van der Waals surface area contributed by atoms with Crippen LogP contribution in [0.15, 0.2) is 0 Å². The van der Waals surface area contributed by atoms with Crippen LogP contribution < -0.4 is 11.3 Å². The van der Waals surface area contributed by atoms with Crippen LogP contribution in [0.3, 0.4) is 0 Å². The first-order valence-electron chi connectivity index (χ1n) is 5.04. The van der Waals surface area contributed by atoms with Crippen LogP contribution in [0.2, 0.25) is 0 Å². The topological polar surface area (TPSA) is 231 Å². The average molecular weight is 347 g/mol. The number of carbonyl (C=O) groups excluding carboxylic acids is 1. The first-order chi connectivity index (χ1) is 10.3. The molecule has 16 nitrogen and oxygen atoms in total. The van der Waals surface area contributed by atoms with Gasteiger partial charge in [-0.1, -0.05) is 8.78 Å². The van der Waals surface area contributed by atoms with Gasteiger partial charge in [-0.05, 0) is 0 Å². The van der Waals surface area contributed by atoms with Crippen LogP contribution in [-0.2, 0) is 0 Å². The monoisotopic (exact) mass is 347 g/mol. The highest BCUT2D eigenvalue weighted by atomic mass is 19.2. The maximum Gasteiger partial charge on any atom is 0.631 e. The Kier molecular flexibility index (Phi) is 5.68. The third-order valence-electron chi connectivity index (χ3n) is 2.31. The number of alkyl halides is 2. The number of hydrogen-bond acceptors (Lipinski definition) is 10. The molecule has 0 saturated carbocycles. The van der Waals surface area contributed by atoms with Crippen LogP contribution in [0.4, 0.5) is 13.6 Å². The van der Waals surface area contributed by atoms with Gasteiger partial charge in [-0.25, -0.2) is 10.6 Å². The Morgan fingerprint density at radius 1 is 0.913 bits per heavy atom. The van der Waals surface area contributed by atoms with Gasteiger partial charge < -0.3 is 0 Å². The molecule has 0 fully saturated rings. The highest BCUT2D eigenvalue weighted by Crippen LogP contribution is 2.20. The van der Waals surface area contributed by atoms with E-state index in [1.54, 1.807) is 0 Å². The Balaban J connectivity index is 5.78. The third kappa shape index (κ3) is 3.87. The molecule has 0 bridgehead atoms. The standard InChI is InChI=1S/C5H7F2N7O9/c6-4(11(16)17,12(18)19)1-10(3(15)9-8)2-5(7,13(20)21)14(22)23/h1-2,8H2,(H,9,15). The van der Waals surface area contributed by atoms with E-state index in [0.717, 1.165) is 5.43 Å². The lowest BCUT2D eigenvalue weighted by molar-refractivity contribution is -0.837. The van der Waals surface area contributed by atoms with Crippen molar-refractivity contribution in [3.63, 3.8) is 0 Å². The van der Waals surface area contributed by atoms with Crippen molar-refractivity contribution in [2.24, 2.45) is 5.84 Å². The van der Waals surface area contributed by atoms with Crippen LogP contribution in [-0.4, -0.2) is 55.5 Å². The summed E-state index contributed by atoms with van der Waals surface area (Å²) in [6, 6.07) is -1.87. The van der Waals surface area contributed by atoms with Crippen LogP contribution in [0, 0.1) is 40.5 Å². The Morgan fingerprint density at radius 3 is 1.35 bits per heavy atom. The summed E-state index contributed by atoms with van der Waals surface area (Å²) >= 11 is 0. The van der Waals surface area contributed by atoms with Crippen molar-refractivity contribution >= 4 is 6.03 Å². The van der Waals surface area contributed by atoms with Gasteiger partial charge in [0.2, 0.25) is 13.1 Å². The third-order valence-corrected chi connectivity index (χ3v) is 2.31. The molecule has 0 atom stereocenters. The largest absolute Gasteiger partial charge is 0.631 e. The van der Waals surface area contributed by atoms with Gasteiger partial charge in [0, 0.05) is 0 Å². The molecule has 0 radical (unpaired) electrons. The van der Waals surface area contributed by atoms with E-state index in [1.165, 1.54) is 0 Å². The van der Waals surface area contributed by atoms with E-state index >= 15 is 0 Å². The quantitative estimate of drug-likeness (QED) is 0.125. The highest BCUT2D eigenvalue weighted by Gasteiger charge is 2.65. The normalized spacial score (nSPS) is 11.4. The summed E-state index contributed by atoms with van der Waals surface area (Å²) < 4.78 is 27.3. The molecule has 0 aliphatic heterocycles. The molecule has 0 aromatic rings. The van der Waals surface area contributed by atoms with Crippen molar-refractivity contribution in [1.29, 1.82) is 0 Å². The van der Waals surface area contributed by atoms with Crippen LogP contribution >= 0.6 is 0 Å². The van der Waals surface area contributed by atoms with E-state index in [4.69, 9.17) is 0 Å². The maximum absolute atomic E-state index is 13.6. The zero-order chi connectivity index (χ0) is 18.6. The minimum Gasteiger partial charge on any atom is -0.288 e. The van der Waals surface area contributed by atoms with E-state index in [-0.39, 0.29) is 0 Å². The number of nitrogens with two attached hydrogens (primary N) is 1. The van der Waals surface area contributed by atoms with Crippen molar-refractivity contribution in [1.82, 2.24) is 10.3 Å². The van der Waals surface area contributed by atoms with Crippen LogP contribution in [0.1, 0.15) is 0 Å². The smallest absolute Gasteiger partial charge is 0.288 e. The van der Waals surface area contributed by atoms with Crippen molar-refractivity contribution in [3.05, 3.63) is 40.5 Å². The second-order valence-electron chi connectivity index (χ2n) is 3.77. The van der Waals surface area contributed by atoms with Crippen molar-refractivity contribution < 1.29 is 33.3 Å². The summed E-state index contributed by atoms with van der Waals surface area (Å²) in [6.45, 7) is -4.38. The summed E-state index contributed by atoms with van der Waals surface area (Å²) in [6.07, 6.45) is 0. The van der Waals surface area contributed by atoms with Crippen molar-refractivity contribution in [2.75, 3.05) is 13.1 Å². The van der Waals surface area contributed by atoms with Crippen LogP contribution in [0.25, 0.3) is 0 Å². The molecule has 0 saturated heterocycles. The fourth-order valence-corrected chi connectivity index (χ4v) is 1.14. The molecule has 0 aliphatic carbocycles. The lowest BCUT2D eigenvalue weighted by Crippen LogP contribution is -2.60. The second-order valence-corrected chi connectivity index (χ2v) is 3.77. The van der Waals surface area contributed by atoms with E-state index in [1.807, 2.05) is 0 Å². The van der Waals surface area contributed by atoms with E-state index in [9.17, 15) is 54.0 Å². The molecule has 0 spiro atoms. The first-order valence-corrected chi connectivity index (χ1v) is 5.04. The number of halogens is 2. The number of hydrogen-bond donors (Lipinski definition) is 2. The van der Waals surface area contributed by atoms with Gasteiger partial charge in [0.25, 0.3) is 0 Å². The number of urea groups is 1. The number of nitro groups is 4. The Morgan fingerprint density at radius 2 is 1.17 bits per heavy atom. The molecule has 0 unspecified atom stereocenters. The van der Waals surface area contributed by atoms with Gasteiger partial charge in [-0.15, -0.1) is 0 Å². The van der Waals surface area contributed by atoms with Gasteiger partial charge in [-0.2, -0.15) is 0 Å². The van der Waals surface area contributed by atoms with Crippen molar-refractivity contribution in [3.8, 4) is 0 Å². The molecular formula is C5H7F2N7O9. The minimum atomic E-state index is -4.61. The first kappa shape index (κ1) is 19.7. The lowest BCUT2D eigenvalue weighted by Gasteiger charge is -2.22. The number of nitrogens with one attached hydrogen (secondary N) is 1. The average Bonchev–Trinajstić information content (AvgIpc) is 2.44. The molecule has 0 rings (SSSR count). The summed E-state index contributed by atoms with van der Waals surface area (Å²) in [5, 5.41) is 41.5. The fraction of sp³-hybridized carbons (Fsp3) is 0.800. The number of amides is 2. The predicted molar refractivity (Wildman–Crippen MR) is 59.9 cm³/mol. The molecular weight excluding hydrogens is 340 g/mol. The number of rotatable bonds is 8. The molecule has 0 aromatic heterocycles. The van der Waals surface area contributed by atoms with Gasteiger partial charge in [-0.3, -0.25) is 50.8 Å². The fourth-order valence-electron chi connectivity index (χ4n) is 1.14. The molecule has 130 valence electrons. The van der Waals surface area contributed by atoms with E-state index in [2.05, 4.69) is 5.84 Å². The van der Waals surface area contributed by atoms with Gasteiger partial charge in [0.1, 0.15) is 19.7 Å². The zero-order valence-electron chi connectivity index (χ0n) is 10.7. The SMILES string of the molecule is NNC(=O)N(CC(F)([N+](=O)[O-])[N+](=O)[O-])CC(F)([N+](=O)[O-])[N+](=O)[O-]. The Bertz CT molecular complexity index is 486. The Hall–Kier alpha value is -3.31. The number of nitrogens with zero attached hydrogens (tertiary/aromatic N) is 5. The van der Waals surface area contributed by atoms with Crippen molar-refractivity contribution in [2.45, 2.75) is 11.8 Å². The highest BCUT2D eigenvalue weighted by molar-refractivity contribution is 5.73. The van der Waals surface area contributed by atoms with E-state index in [0.29, 0.717) is 0 Å². The predicted octanol–water partition coefficient (Wildman–Crippen LogP) is -1.77. The van der Waals surface area contributed by atoms with E-state index < -0.39 is 55.5 Å². The molecule has 23 heavy (non-hydrogen) atoms. The van der Waals surface area contributed by atoms with Gasteiger partial charge in [0.15, 0.2) is 0 Å². The number of carbonyl (C=O) groups is 1. The van der Waals surface area contributed by atoms with Crippen LogP contribution in [0.5, 0.6) is 0 Å². The lowest BCUT2D eigenvalue weighted by atomic mass is 10.3. The summed E-state index contributed by atoms with van der Waals surface area (Å²) in [4.78, 5) is 43.7. The molecule has 3 N–H and O–H groups in total. The summed E-state index contributed by atoms with van der Waals surface area (Å²) in [7, 11) is 0. The zero-order valence-corrected chi connectivity index (χ0v) is 10.7.